The van der Waals surface area contributed by atoms with Crippen LogP contribution in [0.4, 0.5) is 5.69 Å². The lowest BCUT2D eigenvalue weighted by molar-refractivity contribution is 0.102. The SMILES string of the molecule is Cc1cc(C(=O)Nc2ccc3scnc3c2)c2c(C)nn(C)c2n1. The lowest BCUT2D eigenvalue weighted by Crippen LogP contribution is -2.13. The third-order valence-corrected chi connectivity index (χ3v) is 4.74. The minimum atomic E-state index is -0.170. The Bertz CT molecular complexity index is 1100. The number of hydrogen-bond acceptors (Lipinski definition) is 5. The first-order valence-electron chi connectivity index (χ1n) is 7.48. The highest BCUT2D eigenvalue weighted by molar-refractivity contribution is 7.16. The number of benzene rings is 1. The monoisotopic (exact) mass is 337 g/mol. The first kappa shape index (κ1) is 14.8. The number of hydrogen-bond donors (Lipinski definition) is 1. The number of carbonyl (C=O) groups is 1. The number of thiazole rings is 1. The fraction of sp³-hybridized carbons (Fsp3) is 0.176. The van der Waals surface area contributed by atoms with Crippen molar-refractivity contribution >= 4 is 44.2 Å². The van der Waals surface area contributed by atoms with E-state index in [0.29, 0.717) is 11.2 Å². The maximum atomic E-state index is 12.8. The fourth-order valence-electron chi connectivity index (χ4n) is 2.88. The molecule has 3 aromatic heterocycles. The minimum Gasteiger partial charge on any atom is -0.322 e. The molecule has 0 aliphatic carbocycles. The van der Waals surface area contributed by atoms with E-state index in [1.54, 1.807) is 27.6 Å². The molecule has 24 heavy (non-hydrogen) atoms. The minimum absolute atomic E-state index is 0.170. The normalized spacial score (nSPS) is 11.3. The quantitative estimate of drug-likeness (QED) is 0.608. The molecule has 0 aliphatic heterocycles. The van der Waals surface area contributed by atoms with Gasteiger partial charge in [0.25, 0.3) is 5.91 Å². The molecule has 1 aromatic carbocycles. The van der Waals surface area contributed by atoms with E-state index in [1.165, 1.54) is 0 Å². The summed E-state index contributed by atoms with van der Waals surface area (Å²) in [6.07, 6.45) is 0. The number of pyridine rings is 1. The van der Waals surface area contributed by atoms with Crippen LogP contribution in [0.25, 0.3) is 21.3 Å². The topological polar surface area (TPSA) is 72.7 Å². The number of rotatable bonds is 2. The predicted octanol–water partition coefficient (Wildman–Crippen LogP) is 3.45. The van der Waals surface area contributed by atoms with Crippen molar-refractivity contribution in [3.63, 3.8) is 0 Å². The number of nitrogens with zero attached hydrogens (tertiary/aromatic N) is 4. The molecular formula is C17H15N5OS. The third-order valence-electron chi connectivity index (χ3n) is 3.93. The molecule has 0 spiro atoms. The van der Waals surface area contributed by atoms with Crippen molar-refractivity contribution in [1.29, 1.82) is 0 Å². The van der Waals surface area contributed by atoms with Gasteiger partial charge in [0, 0.05) is 18.4 Å². The third kappa shape index (κ3) is 2.33. The van der Waals surface area contributed by atoms with E-state index in [9.17, 15) is 4.79 Å². The summed E-state index contributed by atoms with van der Waals surface area (Å²) in [5.74, 6) is -0.170. The van der Waals surface area contributed by atoms with Crippen molar-refractivity contribution in [2.45, 2.75) is 13.8 Å². The Labute approximate surface area is 142 Å². The van der Waals surface area contributed by atoms with E-state index in [4.69, 9.17) is 0 Å². The zero-order valence-electron chi connectivity index (χ0n) is 13.5. The number of anilines is 1. The van der Waals surface area contributed by atoms with Crippen molar-refractivity contribution in [3.8, 4) is 0 Å². The lowest BCUT2D eigenvalue weighted by atomic mass is 10.1. The van der Waals surface area contributed by atoms with Gasteiger partial charge in [0.15, 0.2) is 5.65 Å². The van der Waals surface area contributed by atoms with Crippen LogP contribution in [0.2, 0.25) is 0 Å². The summed E-state index contributed by atoms with van der Waals surface area (Å²) in [5, 5.41) is 8.13. The number of fused-ring (bicyclic) bond motifs is 2. The zero-order chi connectivity index (χ0) is 16.8. The van der Waals surface area contributed by atoms with Gasteiger partial charge in [-0.2, -0.15) is 5.10 Å². The van der Waals surface area contributed by atoms with Gasteiger partial charge in [0.1, 0.15) is 0 Å². The summed E-state index contributed by atoms with van der Waals surface area (Å²) in [6, 6.07) is 7.53. The van der Waals surface area contributed by atoms with Crippen LogP contribution in [0.15, 0.2) is 29.8 Å². The highest BCUT2D eigenvalue weighted by atomic mass is 32.1. The molecule has 3 heterocycles. The van der Waals surface area contributed by atoms with Crippen LogP contribution in [-0.4, -0.2) is 25.7 Å². The molecule has 0 bridgehead atoms. The van der Waals surface area contributed by atoms with E-state index in [2.05, 4.69) is 20.4 Å². The Balaban J connectivity index is 1.77. The van der Waals surface area contributed by atoms with Crippen LogP contribution in [0.3, 0.4) is 0 Å². The van der Waals surface area contributed by atoms with Crippen molar-refractivity contribution in [1.82, 2.24) is 19.7 Å². The molecule has 4 rings (SSSR count). The summed E-state index contributed by atoms with van der Waals surface area (Å²) in [6.45, 7) is 3.76. The van der Waals surface area contributed by atoms with Crippen LogP contribution in [-0.2, 0) is 7.05 Å². The van der Waals surface area contributed by atoms with E-state index in [-0.39, 0.29) is 5.91 Å². The summed E-state index contributed by atoms with van der Waals surface area (Å²) in [5.41, 5.74) is 6.28. The van der Waals surface area contributed by atoms with Crippen LogP contribution in [0, 0.1) is 13.8 Å². The Morgan fingerprint density at radius 3 is 2.92 bits per heavy atom. The average Bonchev–Trinajstić information content (AvgIpc) is 3.11. The average molecular weight is 337 g/mol. The number of aryl methyl sites for hydroxylation is 3. The second-order valence-electron chi connectivity index (χ2n) is 5.71. The van der Waals surface area contributed by atoms with E-state index < -0.39 is 0 Å². The van der Waals surface area contributed by atoms with Gasteiger partial charge in [-0.1, -0.05) is 0 Å². The maximum absolute atomic E-state index is 12.8. The molecule has 0 atom stereocenters. The van der Waals surface area contributed by atoms with Gasteiger partial charge in [0.2, 0.25) is 0 Å². The van der Waals surface area contributed by atoms with Crippen molar-refractivity contribution in [2.24, 2.45) is 7.05 Å². The molecule has 1 N–H and O–H groups in total. The summed E-state index contributed by atoms with van der Waals surface area (Å²) in [4.78, 5) is 21.6. The molecule has 4 aromatic rings. The van der Waals surface area contributed by atoms with Crippen molar-refractivity contribution < 1.29 is 4.79 Å². The van der Waals surface area contributed by atoms with Gasteiger partial charge in [-0.15, -0.1) is 11.3 Å². The Morgan fingerprint density at radius 1 is 1.25 bits per heavy atom. The van der Waals surface area contributed by atoms with Crippen molar-refractivity contribution in [3.05, 3.63) is 46.7 Å². The van der Waals surface area contributed by atoms with E-state index in [0.717, 1.165) is 32.7 Å². The molecular weight excluding hydrogens is 322 g/mol. The first-order chi connectivity index (χ1) is 11.5. The van der Waals surface area contributed by atoms with Gasteiger partial charge in [-0.3, -0.25) is 9.48 Å². The smallest absolute Gasteiger partial charge is 0.256 e. The second-order valence-corrected chi connectivity index (χ2v) is 6.59. The van der Waals surface area contributed by atoms with Gasteiger partial charge >= 0.3 is 0 Å². The Kier molecular flexibility index (Phi) is 3.31. The molecule has 0 aliphatic rings. The van der Waals surface area contributed by atoms with Gasteiger partial charge in [-0.25, -0.2) is 9.97 Å². The molecule has 0 saturated carbocycles. The van der Waals surface area contributed by atoms with Crippen LogP contribution in [0.1, 0.15) is 21.7 Å². The molecule has 1 amide bonds. The molecule has 7 heteroatoms. The predicted molar refractivity (Wildman–Crippen MR) is 95.6 cm³/mol. The molecule has 6 nitrogen and oxygen atoms in total. The molecule has 0 radical (unpaired) electrons. The molecule has 0 fully saturated rings. The number of carbonyl (C=O) groups excluding carboxylic acids is 1. The molecule has 0 unspecified atom stereocenters. The molecule has 120 valence electrons. The van der Waals surface area contributed by atoms with Crippen LogP contribution in [0.5, 0.6) is 0 Å². The number of amides is 1. The fourth-order valence-corrected chi connectivity index (χ4v) is 3.54. The highest BCUT2D eigenvalue weighted by Crippen LogP contribution is 2.25. The van der Waals surface area contributed by atoms with Crippen LogP contribution < -0.4 is 5.32 Å². The number of nitrogens with one attached hydrogen (secondary N) is 1. The van der Waals surface area contributed by atoms with Crippen molar-refractivity contribution in [2.75, 3.05) is 5.32 Å². The van der Waals surface area contributed by atoms with Gasteiger partial charge in [0.05, 0.1) is 32.4 Å². The molecule has 0 saturated heterocycles. The Morgan fingerprint density at radius 2 is 2.08 bits per heavy atom. The van der Waals surface area contributed by atoms with E-state index in [1.807, 2.05) is 39.1 Å². The Hall–Kier alpha value is -2.80. The standard InChI is InChI=1S/C17H15N5OS/c1-9-6-12(15-10(2)21-22(3)16(15)19-9)17(23)20-11-4-5-14-13(7-11)18-8-24-14/h4-8H,1-3H3,(H,20,23). The second kappa shape index (κ2) is 5.38. The van der Waals surface area contributed by atoms with Gasteiger partial charge in [-0.05, 0) is 38.1 Å². The maximum Gasteiger partial charge on any atom is 0.256 e. The number of aromatic nitrogens is 4. The first-order valence-corrected chi connectivity index (χ1v) is 8.36. The summed E-state index contributed by atoms with van der Waals surface area (Å²) in [7, 11) is 1.83. The van der Waals surface area contributed by atoms with Gasteiger partial charge < -0.3 is 5.32 Å². The lowest BCUT2D eigenvalue weighted by Gasteiger charge is -2.08. The summed E-state index contributed by atoms with van der Waals surface area (Å²) >= 11 is 1.58. The highest BCUT2D eigenvalue weighted by Gasteiger charge is 2.18. The van der Waals surface area contributed by atoms with Crippen LogP contribution >= 0.6 is 11.3 Å². The largest absolute Gasteiger partial charge is 0.322 e. The zero-order valence-corrected chi connectivity index (χ0v) is 14.3. The summed E-state index contributed by atoms with van der Waals surface area (Å²) < 4.78 is 2.80. The van der Waals surface area contributed by atoms with E-state index >= 15 is 0 Å².